The Balaban J connectivity index is 1.41. The van der Waals surface area contributed by atoms with E-state index in [-0.39, 0.29) is 17.0 Å². The maximum Gasteiger partial charge on any atom is 0.226 e. The summed E-state index contributed by atoms with van der Waals surface area (Å²) < 4.78 is 13.6. The Morgan fingerprint density at radius 3 is 2.69 bits per heavy atom. The predicted octanol–water partition coefficient (Wildman–Crippen LogP) is 5.42. The van der Waals surface area contributed by atoms with Crippen molar-refractivity contribution in [2.75, 3.05) is 5.32 Å². The van der Waals surface area contributed by atoms with E-state index in [2.05, 4.69) is 35.5 Å². The third-order valence-corrected chi connectivity index (χ3v) is 6.65. The van der Waals surface area contributed by atoms with Crippen LogP contribution in [0.15, 0.2) is 55.2 Å². The van der Waals surface area contributed by atoms with Gasteiger partial charge in [0.25, 0.3) is 0 Å². The monoisotopic (exact) mass is 498 g/mol. The fraction of sp³-hybridized carbons (Fsp3) is 0.120. The van der Waals surface area contributed by atoms with Crippen molar-refractivity contribution >= 4 is 45.0 Å². The van der Waals surface area contributed by atoms with Crippen LogP contribution in [0.25, 0.3) is 55.2 Å². The zero-order chi connectivity index (χ0) is 24.8. The molecule has 3 N–H and O–H groups in total. The van der Waals surface area contributed by atoms with E-state index in [0.29, 0.717) is 28.4 Å². The average molecular weight is 499 g/mol. The number of nitrogens with zero attached hydrogens (tertiary/aromatic N) is 5. The normalized spacial score (nSPS) is 11.6. The van der Waals surface area contributed by atoms with Crippen LogP contribution in [0.2, 0.25) is 0 Å². The zero-order valence-electron chi connectivity index (χ0n) is 19.2. The van der Waals surface area contributed by atoms with Gasteiger partial charge in [0.1, 0.15) is 11.2 Å². The molecule has 0 fully saturated rings. The molecule has 6 heterocycles. The molecule has 0 aliphatic heterocycles. The van der Waals surface area contributed by atoms with Crippen molar-refractivity contribution in [3.63, 3.8) is 0 Å². The van der Waals surface area contributed by atoms with Crippen molar-refractivity contribution in [2.24, 2.45) is 5.92 Å². The molecule has 9 nitrogen and oxygen atoms in total. The Kier molecular flexibility index (Phi) is 5.26. The number of amides is 1. The van der Waals surface area contributed by atoms with E-state index in [1.54, 1.807) is 37.1 Å². The summed E-state index contributed by atoms with van der Waals surface area (Å²) in [4.78, 5) is 34.0. The second-order valence-electron chi connectivity index (χ2n) is 8.57. The summed E-state index contributed by atoms with van der Waals surface area (Å²) in [5.74, 6) is 0.344. The number of hydrogen-bond acceptors (Lipinski definition) is 7. The fourth-order valence-corrected chi connectivity index (χ4v) is 4.62. The molecule has 36 heavy (non-hydrogen) atoms. The number of fused-ring (bicyclic) bond motifs is 2. The summed E-state index contributed by atoms with van der Waals surface area (Å²) in [5, 5.41) is 10.7. The van der Waals surface area contributed by atoms with Gasteiger partial charge >= 0.3 is 0 Å². The van der Waals surface area contributed by atoms with E-state index in [4.69, 9.17) is 4.98 Å². The molecule has 6 rings (SSSR count). The molecule has 0 bridgehead atoms. The van der Waals surface area contributed by atoms with Crippen LogP contribution < -0.4 is 5.32 Å². The highest BCUT2D eigenvalue weighted by Crippen LogP contribution is 2.34. The van der Waals surface area contributed by atoms with Crippen molar-refractivity contribution in [3.8, 4) is 33.1 Å². The van der Waals surface area contributed by atoms with Crippen LogP contribution in [-0.2, 0) is 4.79 Å². The summed E-state index contributed by atoms with van der Waals surface area (Å²) >= 11 is 1.05. The van der Waals surface area contributed by atoms with Gasteiger partial charge in [-0.2, -0.15) is 9.49 Å². The highest BCUT2D eigenvalue weighted by Gasteiger charge is 2.17. The molecule has 178 valence electrons. The number of halogens is 1. The van der Waals surface area contributed by atoms with Crippen molar-refractivity contribution < 1.29 is 9.18 Å². The Labute approximate surface area is 207 Å². The largest absolute Gasteiger partial charge is 0.335 e. The predicted molar refractivity (Wildman–Crippen MR) is 137 cm³/mol. The van der Waals surface area contributed by atoms with E-state index >= 15 is 0 Å². The number of aromatic nitrogens is 7. The lowest BCUT2D eigenvalue weighted by molar-refractivity contribution is -0.118. The number of carbonyl (C=O) groups is 1. The summed E-state index contributed by atoms with van der Waals surface area (Å²) in [5.41, 5.74) is 5.58. The minimum atomic E-state index is -0.266. The average Bonchev–Trinajstić information content (AvgIpc) is 3.61. The highest BCUT2D eigenvalue weighted by molar-refractivity contribution is 7.14. The Morgan fingerprint density at radius 2 is 1.89 bits per heavy atom. The smallest absolute Gasteiger partial charge is 0.226 e. The lowest BCUT2D eigenvalue weighted by Gasteiger charge is -2.09. The molecule has 0 saturated carbocycles. The first-order valence-electron chi connectivity index (χ1n) is 11.2. The van der Waals surface area contributed by atoms with Gasteiger partial charge in [0, 0.05) is 46.1 Å². The van der Waals surface area contributed by atoms with Gasteiger partial charge in [-0.1, -0.05) is 13.8 Å². The quantitative estimate of drug-likeness (QED) is 0.291. The first-order valence-corrected chi connectivity index (χ1v) is 12.0. The van der Waals surface area contributed by atoms with Crippen molar-refractivity contribution in [3.05, 3.63) is 60.4 Å². The third kappa shape index (κ3) is 3.89. The van der Waals surface area contributed by atoms with Gasteiger partial charge in [-0.05, 0) is 24.3 Å². The number of carbonyl (C=O) groups excluding carboxylic acids is 1. The van der Waals surface area contributed by atoms with Crippen molar-refractivity contribution in [2.45, 2.75) is 13.8 Å². The summed E-state index contributed by atoms with van der Waals surface area (Å²) in [6.45, 7) is 3.67. The molecule has 0 aromatic carbocycles. The Hall–Kier alpha value is -4.51. The second-order valence-corrected chi connectivity index (χ2v) is 9.61. The van der Waals surface area contributed by atoms with Gasteiger partial charge < -0.3 is 10.3 Å². The number of pyridine rings is 3. The molecular weight excluding hydrogens is 479 g/mol. The number of anilines is 1. The number of hydrogen-bond donors (Lipinski definition) is 3. The molecule has 0 aliphatic rings. The van der Waals surface area contributed by atoms with Gasteiger partial charge in [-0.3, -0.25) is 19.9 Å². The molecule has 6 aromatic heterocycles. The molecule has 1 amide bonds. The number of nitrogens with one attached hydrogen (secondary N) is 3. The Bertz CT molecular complexity index is 1750. The summed E-state index contributed by atoms with van der Waals surface area (Å²) in [6.07, 6.45) is 8.40. The zero-order valence-corrected chi connectivity index (χ0v) is 20.0. The van der Waals surface area contributed by atoms with E-state index in [1.807, 2.05) is 26.0 Å². The van der Waals surface area contributed by atoms with E-state index < -0.39 is 0 Å². The third-order valence-electron chi connectivity index (χ3n) is 5.74. The lowest BCUT2D eigenvalue weighted by atomic mass is 10.1. The molecule has 6 aromatic rings. The Morgan fingerprint density at radius 1 is 1.06 bits per heavy atom. The molecule has 0 aliphatic carbocycles. The molecule has 0 atom stereocenters. The van der Waals surface area contributed by atoms with E-state index in [1.165, 1.54) is 6.07 Å². The summed E-state index contributed by atoms with van der Waals surface area (Å²) in [7, 11) is 0. The van der Waals surface area contributed by atoms with Crippen molar-refractivity contribution in [1.29, 1.82) is 0 Å². The van der Waals surface area contributed by atoms with Gasteiger partial charge in [0.15, 0.2) is 16.6 Å². The number of aromatic amines is 2. The van der Waals surface area contributed by atoms with Gasteiger partial charge in [0.05, 0.1) is 29.0 Å². The van der Waals surface area contributed by atoms with Crippen molar-refractivity contribution in [1.82, 2.24) is 35.1 Å². The van der Waals surface area contributed by atoms with E-state index in [0.717, 1.165) is 43.8 Å². The van der Waals surface area contributed by atoms with Gasteiger partial charge in [-0.15, -0.1) is 11.3 Å². The first kappa shape index (κ1) is 22.0. The first-order chi connectivity index (χ1) is 17.5. The lowest BCUT2D eigenvalue weighted by Crippen LogP contribution is -2.17. The van der Waals surface area contributed by atoms with Crippen LogP contribution >= 0.6 is 11.3 Å². The highest BCUT2D eigenvalue weighted by atomic mass is 32.1. The molecule has 0 unspecified atom stereocenters. The van der Waals surface area contributed by atoms with Crippen LogP contribution in [0.1, 0.15) is 13.8 Å². The standard InChI is InChI=1S/C25H19FN8OS/c1-12(2)25(35)30-15-5-13(7-27-9-15)14-6-16-22(33-34-23(16)29-8-14)24-31-18-11-28-10-17(21(18)32-24)19-3-4-20(26)36-19/h3-12H,1-2H3,(H,30,35)(H,31,32)(H,29,33,34). The topological polar surface area (TPSA) is 125 Å². The molecular formula is C25H19FN8OS. The SMILES string of the molecule is CC(C)C(=O)Nc1cncc(-c2cnc3n[nH]c(-c4nc5c(-c6ccc(F)s6)cncc5[nH]4)c3c2)c1. The minimum Gasteiger partial charge on any atom is -0.335 e. The van der Waals surface area contributed by atoms with Crippen LogP contribution in [0.4, 0.5) is 10.1 Å². The number of H-pyrrole nitrogens is 2. The van der Waals surface area contributed by atoms with Crippen LogP contribution in [-0.4, -0.2) is 41.0 Å². The summed E-state index contributed by atoms with van der Waals surface area (Å²) in [6, 6.07) is 6.96. The van der Waals surface area contributed by atoms with Gasteiger partial charge in [0.2, 0.25) is 5.91 Å². The number of rotatable bonds is 5. The minimum absolute atomic E-state index is 0.0799. The fourth-order valence-electron chi connectivity index (χ4n) is 3.88. The van der Waals surface area contributed by atoms with E-state index in [9.17, 15) is 9.18 Å². The van der Waals surface area contributed by atoms with Crippen LogP contribution in [0.3, 0.4) is 0 Å². The number of imidazole rings is 1. The maximum atomic E-state index is 13.6. The second kappa shape index (κ2) is 8.61. The van der Waals surface area contributed by atoms with Crippen LogP contribution in [0.5, 0.6) is 0 Å². The van der Waals surface area contributed by atoms with Crippen LogP contribution in [0, 0.1) is 11.0 Å². The molecule has 0 spiro atoms. The molecule has 0 saturated heterocycles. The number of thiophene rings is 1. The maximum absolute atomic E-state index is 13.6. The van der Waals surface area contributed by atoms with Gasteiger partial charge in [-0.25, -0.2) is 9.97 Å². The molecule has 0 radical (unpaired) electrons. The molecule has 11 heteroatoms.